The van der Waals surface area contributed by atoms with E-state index in [9.17, 15) is 9.90 Å². The average Bonchev–Trinajstić information content (AvgIpc) is 2.78. The standard InChI is InChI=1S/C24H24O8/c1-23(2)7-6-12-20-13(8-18(29-5)21(12)32-23)22(25)24(26)14-9-16(27-3)17(28-4)10-15(14)30-11-19(24)31-20/h6-10,19,26H,11H2,1-5H3. The normalized spacial score (nSPS) is 23.9. The molecule has 168 valence electrons. The Bertz CT molecular complexity index is 1170. The summed E-state index contributed by atoms with van der Waals surface area (Å²) in [5.41, 5.74) is -1.47. The van der Waals surface area contributed by atoms with E-state index in [0.29, 0.717) is 40.1 Å². The molecule has 0 aliphatic carbocycles. The number of carbonyl (C=O) groups is 1. The van der Waals surface area contributed by atoms with Gasteiger partial charge in [0.2, 0.25) is 5.78 Å². The lowest BCUT2D eigenvalue weighted by atomic mass is 9.77. The molecule has 3 aliphatic heterocycles. The molecule has 3 heterocycles. The molecule has 32 heavy (non-hydrogen) atoms. The number of carbonyl (C=O) groups excluding carboxylic acids is 1. The van der Waals surface area contributed by atoms with Crippen molar-refractivity contribution in [1.82, 2.24) is 0 Å². The number of methoxy groups -OCH3 is 3. The zero-order valence-corrected chi connectivity index (χ0v) is 18.5. The number of fused-ring (bicyclic) bond motifs is 6. The van der Waals surface area contributed by atoms with E-state index in [0.717, 1.165) is 0 Å². The monoisotopic (exact) mass is 440 g/mol. The first-order chi connectivity index (χ1) is 15.2. The van der Waals surface area contributed by atoms with E-state index in [4.69, 9.17) is 28.4 Å². The lowest BCUT2D eigenvalue weighted by molar-refractivity contribution is -0.0802. The molecular weight excluding hydrogens is 416 g/mol. The molecule has 0 spiro atoms. The van der Waals surface area contributed by atoms with Crippen LogP contribution in [0.15, 0.2) is 24.3 Å². The predicted octanol–water partition coefficient (Wildman–Crippen LogP) is 3.12. The highest BCUT2D eigenvalue weighted by Gasteiger charge is 2.57. The molecule has 0 aromatic heterocycles. The fraction of sp³-hybridized carbons (Fsp3) is 0.375. The molecule has 8 heteroatoms. The van der Waals surface area contributed by atoms with Crippen molar-refractivity contribution in [3.05, 3.63) is 41.0 Å². The Morgan fingerprint density at radius 1 is 1.00 bits per heavy atom. The first-order valence-corrected chi connectivity index (χ1v) is 10.2. The van der Waals surface area contributed by atoms with Gasteiger partial charge in [0.25, 0.3) is 0 Å². The molecule has 0 radical (unpaired) electrons. The number of hydrogen-bond donors (Lipinski definition) is 1. The zero-order valence-electron chi connectivity index (χ0n) is 18.5. The summed E-state index contributed by atoms with van der Waals surface area (Å²) < 4.78 is 34.3. The minimum Gasteiger partial charge on any atom is -0.493 e. The second-order valence-corrected chi connectivity index (χ2v) is 8.45. The number of aliphatic hydroxyl groups is 1. The van der Waals surface area contributed by atoms with Gasteiger partial charge in [-0.25, -0.2) is 0 Å². The first kappa shape index (κ1) is 20.5. The van der Waals surface area contributed by atoms with E-state index in [1.165, 1.54) is 21.3 Å². The summed E-state index contributed by atoms with van der Waals surface area (Å²) in [6, 6.07) is 4.70. The summed E-state index contributed by atoms with van der Waals surface area (Å²) in [6.07, 6.45) is 2.77. The van der Waals surface area contributed by atoms with Gasteiger partial charge in [-0.1, -0.05) is 0 Å². The third-order valence-electron chi connectivity index (χ3n) is 6.07. The molecule has 2 atom stereocenters. The fourth-order valence-corrected chi connectivity index (χ4v) is 4.40. The zero-order chi connectivity index (χ0) is 22.8. The number of ketones is 1. The molecule has 0 bridgehead atoms. The van der Waals surface area contributed by atoms with Gasteiger partial charge in [0.05, 0.1) is 32.5 Å². The highest BCUT2D eigenvalue weighted by atomic mass is 16.6. The van der Waals surface area contributed by atoms with Crippen molar-refractivity contribution in [2.24, 2.45) is 0 Å². The molecule has 0 fully saturated rings. The highest BCUT2D eigenvalue weighted by Crippen LogP contribution is 2.53. The van der Waals surface area contributed by atoms with Crippen molar-refractivity contribution < 1.29 is 38.3 Å². The Balaban J connectivity index is 1.70. The molecular formula is C24H24O8. The maximum Gasteiger partial charge on any atom is 0.206 e. The second kappa shape index (κ2) is 6.80. The highest BCUT2D eigenvalue weighted by molar-refractivity contribution is 6.08. The van der Waals surface area contributed by atoms with Crippen LogP contribution < -0.4 is 28.4 Å². The molecule has 1 N–H and O–H groups in total. The van der Waals surface area contributed by atoms with Gasteiger partial charge in [-0.3, -0.25) is 4.79 Å². The maximum atomic E-state index is 13.8. The molecule has 3 aliphatic rings. The number of Topliss-reactive ketones (excluding diaryl/α,β-unsaturated/α-hetero) is 1. The van der Waals surface area contributed by atoms with Gasteiger partial charge in [0, 0.05) is 11.6 Å². The average molecular weight is 440 g/mol. The van der Waals surface area contributed by atoms with E-state index in [-0.39, 0.29) is 17.7 Å². The van der Waals surface area contributed by atoms with E-state index < -0.39 is 23.1 Å². The predicted molar refractivity (Wildman–Crippen MR) is 114 cm³/mol. The van der Waals surface area contributed by atoms with Crippen LogP contribution in [-0.2, 0) is 5.60 Å². The summed E-state index contributed by atoms with van der Waals surface area (Å²) in [7, 11) is 4.49. The largest absolute Gasteiger partial charge is 0.493 e. The van der Waals surface area contributed by atoms with Crippen LogP contribution in [0.4, 0.5) is 0 Å². The van der Waals surface area contributed by atoms with Gasteiger partial charge < -0.3 is 33.5 Å². The Labute approximate surface area is 185 Å². The Morgan fingerprint density at radius 3 is 2.38 bits per heavy atom. The summed E-state index contributed by atoms with van der Waals surface area (Å²) in [4.78, 5) is 13.8. The molecule has 0 saturated heterocycles. The van der Waals surface area contributed by atoms with Gasteiger partial charge in [0.15, 0.2) is 34.7 Å². The summed E-state index contributed by atoms with van der Waals surface area (Å²) in [5.74, 6) is 1.81. The Morgan fingerprint density at radius 2 is 1.69 bits per heavy atom. The van der Waals surface area contributed by atoms with Gasteiger partial charge >= 0.3 is 0 Å². The second-order valence-electron chi connectivity index (χ2n) is 8.45. The fourth-order valence-electron chi connectivity index (χ4n) is 4.40. The quantitative estimate of drug-likeness (QED) is 0.778. The van der Waals surface area contributed by atoms with Crippen molar-refractivity contribution in [3.8, 4) is 34.5 Å². The van der Waals surface area contributed by atoms with E-state index in [1.807, 2.05) is 26.0 Å². The SMILES string of the molecule is COc1cc2c(cc1OC)C1(O)C(=O)c3cc(OC)c4c(c3OC1CO2)C=CC(C)(C)O4. The van der Waals surface area contributed by atoms with Gasteiger partial charge in [-0.05, 0) is 38.1 Å². The molecule has 2 aromatic rings. The van der Waals surface area contributed by atoms with Crippen molar-refractivity contribution >= 4 is 11.9 Å². The van der Waals surface area contributed by atoms with Crippen molar-refractivity contribution in [3.63, 3.8) is 0 Å². The van der Waals surface area contributed by atoms with Crippen LogP contribution in [0, 0.1) is 0 Å². The topological polar surface area (TPSA) is 92.7 Å². The Hall–Kier alpha value is -3.39. The number of rotatable bonds is 3. The van der Waals surface area contributed by atoms with Crippen molar-refractivity contribution in [2.45, 2.75) is 31.2 Å². The third-order valence-corrected chi connectivity index (χ3v) is 6.07. The van der Waals surface area contributed by atoms with E-state index in [1.54, 1.807) is 18.2 Å². The lowest BCUT2D eigenvalue weighted by Gasteiger charge is -2.44. The van der Waals surface area contributed by atoms with E-state index in [2.05, 4.69) is 0 Å². The van der Waals surface area contributed by atoms with Gasteiger partial charge in [0.1, 0.15) is 23.7 Å². The van der Waals surface area contributed by atoms with Crippen LogP contribution in [0.25, 0.3) is 6.08 Å². The van der Waals surface area contributed by atoms with Crippen LogP contribution in [-0.4, -0.2) is 50.5 Å². The van der Waals surface area contributed by atoms with Crippen LogP contribution in [0.1, 0.15) is 35.3 Å². The molecule has 0 amide bonds. The molecule has 2 unspecified atom stereocenters. The Kier molecular flexibility index (Phi) is 4.36. The minimum atomic E-state index is -1.97. The van der Waals surface area contributed by atoms with E-state index >= 15 is 0 Å². The summed E-state index contributed by atoms with van der Waals surface area (Å²) >= 11 is 0. The lowest BCUT2D eigenvalue weighted by Crippen LogP contribution is -2.57. The van der Waals surface area contributed by atoms with Crippen LogP contribution in [0.2, 0.25) is 0 Å². The molecule has 2 aromatic carbocycles. The third kappa shape index (κ3) is 2.69. The maximum absolute atomic E-state index is 13.8. The smallest absolute Gasteiger partial charge is 0.206 e. The van der Waals surface area contributed by atoms with Gasteiger partial charge in [-0.2, -0.15) is 0 Å². The molecule has 0 saturated carbocycles. The summed E-state index contributed by atoms with van der Waals surface area (Å²) in [5, 5.41) is 11.8. The first-order valence-electron chi connectivity index (χ1n) is 10.2. The van der Waals surface area contributed by atoms with Crippen LogP contribution in [0.5, 0.6) is 34.5 Å². The van der Waals surface area contributed by atoms with Gasteiger partial charge in [-0.15, -0.1) is 0 Å². The molecule has 8 nitrogen and oxygen atoms in total. The number of hydrogen-bond acceptors (Lipinski definition) is 8. The summed E-state index contributed by atoms with van der Waals surface area (Å²) in [6.45, 7) is 3.81. The van der Waals surface area contributed by atoms with Crippen molar-refractivity contribution in [1.29, 1.82) is 0 Å². The van der Waals surface area contributed by atoms with Crippen LogP contribution >= 0.6 is 0 Å². The van der Waals surface area contributed by atoms with Crippen LogP contribution in [0.3, 0.4) is 0 Å². The minimum absolute atomic E-state index is 0.0268. The van der Waals surface area contributed by atoms with Crippen molar-refractivity contribution in [2.75, 3.05) is 27.9 Å². The number of ether oxygens (including phenoxy) is 6. The molecule has 5 rings (SSSR count). The number of benzene rings is 2.